The third-order valence-corrected chi connectivity index (χ3v) is 5.94. The Kier molecular flexibility index (Phi) is 6.14. The molecule has 0 atom stereocenters. The van der Waals surface area contributed by atoms with E-state index >= 15 is 0 Å². The fourth-order valence-corrected chi connectivity index (χ4v) is 4.01. The molecule has 0 unspecified atom stereocenters. The molecule has 0 aliphatic heterocycles. The predicted molar refractivity (Wildman–Crippen MR) is 97.2 cm³/mol. The van der Waals surface area contributed by atoms with E-state index in [4.69, 9.17) is 23.2 Å². The van der Waals surface area contributed by atoms with Crippen LogP contribution >= 0.6 is 39.1 Å². The van der Waals surface area contributed by atoms with E-state index in [0.29, 0.717) is 0 Å². The van der Waals surface area contributed by atoms with E-state index in [2.05, 4.69) is 20.7 Å². The van der Waals surface area contributed by atoms with Gasteiger partial charge in [-0.2, -0.15) is 0 Å². The van der Waals surface area contributed by atoms with Crippen LogP contribution in [0.1, 0.15) is 0 Å². The lowest BCUT2D eigenvalue weighted by Gasteiger charge is -2.24. The lowest BCUT2D eigenvalue weighted by atomic mass is 10.3. The van der Waals surface area contributed by atoms with Gasteiger partial charge in [-0.05, 0) is 42.5 Å². The molecule has 0 aromatic heterocycles. The van der Waals surface area contributed by atoms with Gasteiger partial charge in [0.15, 0.2) is 0 Å². The largest absolute Gasteiger partial charge is 0.468 e. The number of hydrogen-bond donors (Lipinski definition) is 0. The minimum atomic E-state index is -4.05. The van der Waals surface area contributed by atoms with Crippen LogP contribution in [0.3, 0.4) is 0 Å². The van der Waals surface area contributed by atoms with Gasteiger partial charge in [-0.25, -0.2) is 8.42 Å². The lowest BCUT2D eigenvalue weighted by molar-refractivity contribution is -0.138. The van der Waals surface area contributed by atoms with Crippen molar-refractivity contribution in [3.8, 4) is 0 Å². The van der Waals surface area contributed by atoms with E-state index < -0.39 is 22.5 Å². The van der Waals surface area contributed by atoms with Crippen molar-refractivity contribution in [2.75, 3.05) is 18.0 Å². The number of nitrogens with zero attached hydrogens (tertiary/aromatic N) is 1. The van der Waals surface area contributed by atoms with Crippen molar-refractivity contribution < 1.29 is 17.9 Å². The zero-order valence-electron chi connectivity index (χ0n) is 12.4. The number of ether oxygens (including phenoxy) is 1. The maximum Gasteiger partial charge on any atom is 0.326 e. The van der Waals surface area contributed by atoms with E-state index in [-0.39, 0.29) is 20.6 Å². The first-order chi connectivity index (χ1) is 11.3. The number of sulfonamides is 1. The number of rotatable bonds is 5. The summed E-state index contributed by atoms with van der Waals surface area (Å²) in [6, 6.07) is 10.4. The molecule has 0 N–H and O–H groups in total. The zero-order chi connectivity index (χ0) is 17.9. The molecule has 9 heteroatoms. The van der Waals surface area contributed by atoms with Gasteiger partial charge in [0.25, 0.3) is 10.0 Å². The molecule has 0 fully saturated rings. The SMILES string of the molecule is COC(=O)CN(c1cc(Cl)ccc1Cl)S(=O)(=O)c1ccc(Br)cc1. The summed E-state index contributed by atoms with van der Waals surface area (Å²) in [5, 5.41) is 0.430. The van der Waals surface area contributed by atoms with Gasteiger partial charge >= 0.3 is 5.97 Å². The minimum absolute atomic E-state index is 0.00523. The fourth-order valence-electron chi connectivity index (χ4n) is 1.89. The number of anilines is 1. The highest BCUT2D eigenvalue weighted by Crippen LogP contribution is 2.33. The van der Waals surface area contributed by atoms with Gasteiger partial charge in [0.2, 0.25) is 0 Å². The maximum absolute atomic E-state index is 13.0. The second-order valence-corrected chi connectivity index (χ2v) is 8.26. The maximum atomic E-state index is 13.0. The smallest absolute Gasteiger partial charge is 0.326 e. The molecule has 0 radical (unpaired) electrons. The summed E-state index contributed by atoms with van der Waals surface area (Å²) in [5.74, 6) is -0.730. The molecular formula is C15H12BrCl2NO4S. The van der Waals surface area contributed by atoms with E-state index in [9.17, 15) is 13.2 Å². The summed E-state index contributed by atoms with van der Waals surface area (Å²) in [6.07, 6.45) is 0. The molecule has 0 saturated heterocycles. The highest BCUT2D eigenvalue weighted by molar-refractivity contribution is 9.10. The number of carbonyl (C=O) groups excluding carboxylic acids is 1. The van der Waals surface area contributed by atoms with Crippen LogP contribution in [0.25, 0.3) is 0 Å². The molecule has 0 aliphatic rings. The first-order valence-electron chi connectivity index (χ1n) is 6.56. The van der Waals surface area contributed by atoms with Gasteiger partial charge in [-0.3, -0.25) is 9.10 Å². The Bertz CT molecular complexity index is 856. The Morgan fingerprint density at radius 2 is 1.79 bits per heavy atom. The Hall–Kier alpha value is -1.28. The summed E-state index contributed by atoms with van der Waals surface area (Å²) in [6.45, 7) is -0.533. The van der Waals surface area contributed by atoms with Crippen molar-refractivity contribution >= 4 is 60.8 Å². The van der Waals surface area contributed by atoms with Crippen LogP contribution in [0.4, 0.5) is 5.69 Å². The van der Waals surface area contributed by atoms with Crippen molar-refractivity contribution in [3.63, 3.8) is 0 Å². The van der Waals surface area contributed by atoms with Crippen molar-refractivity contribution in [3.05, 3.63) is 57.0 Å². The number of methoxy groups -OCH3 is 1. The fraction of sp³-hybridized carbons (Fsp3) is 0.133. The summed E-state index contributed by atoms with van der Waals surface area (Å²) in [4.78, 5) is 11.7. The van der Waals surface area contributed by atoms with Gasteiger partial charge < -0.3 is 4.74 Å². The van der Waals surface area contributed by atoms with E-state index in [1.165, 1.54) is 37.4 Å². The Labute approximate surface area is 158 Å². The topological polar surface area (TPSA) is 63.7 Å². The number of benzene rings is 2. The molecule has 0 bridgehead atoms. The average Bonchev–Trinajstić information content (AvgIpc) is 2.55. The Morgan fingerprint density at radius 3 is 2.38 bits per heavy atom. The lowest BCUT2D eigenvalue weighted by Crippen LogP contribution is -2.36. The van der Waals surface area contributed by atoms with Crippen LogP contribution in [0, 0.1) is 0 Å². The Morgan fingerprint density at radius 1 is 1.17 bits per heavy atom. The van der Waals surface area contributed by atoms with Gasteiger partial charge in [0, 0.05) is 9.50 Å². The summed E-state index contributed by atoms with van der Waals surface area (Å²) < 4.78 is 32.1. The van der Waals surface area contributed by atoms with Gasteiger partial charge in [0.1, 0.15) is 6.54 Å². The van der Waals surface area contributed by atoms with Crippen LogP contribution < -0.4 is 4.31 Å². The minimum Gasteiger partial charge on any atom is -0.468 e. The molecule has 5 nitrogen and oxygen atoms in total. The van der Waals surface area contributed by atoms with Crippen LogP contribution in [0.15, 0.2) is 51.8 Å². The number of hydrogen-bond acceptors (Lipinski definition) is 4. The number of carbonyl (C=O) groups is 1. The molecule has 2 rings (SSSR count). The summed E-state index contributed by atoms with van der Waals surface area (Å²) in [5.41, 5.74) is 0.0949. The summed E-state index contributed by atoms with van der Waals surface area (Å²) in [7, 11) is -2.87. The third-order valence-electron chi connectivity index (χ3n) is 3.08. The van der Waals surface area contributed by atoms with Crippen LogP contribution in [-0.4, -0.2) is 28.0 Å². The number of esters is 1. The number of halogens is 3. The zero-order valence-corrected chi connectivity index (χ0v) is 16.3. The van der Waals surface area contributed by atoms with Crippen molar-refractivity contribution in [2.45, 2.75) is 4.90 Å². The molecule has 0 amide bonds. The van der Waals surface area contributed by atoms with E-state index in [1.807, 2.05) is 0 Å². The molecule has 0 saturated carbocycles. The molecule has 0 aliphatic carbocycles. The van der Waals surface area contributed by atoms with Crippen LogP contribution in [0.5, 0.6) is 0 Å². The molecule has 24 heavy (non-hydrogen) atoms. The molecule has 0 spiro atoms. The highest BCUT2D eigenvalue weighted by Gasteiger charge is 2.29. The summed E-state index contributed by atoms with van der Waals surface area (Å²) >= 11 is 15.3. The van der Waals surface area contributed by atoms with Gasteiger partial charge in [-0.15, -0.1) is 0 Å². The molecule has 0 heterocycles. The first-order valence-corrected chi connectivity index (χ1v) is 9.55. The molecule has 2 aromatic carbocycles. The van der Waals surface area contributed by atoms with Crippen LogP contribution in [-0.2, 0) is 19.6 Å². The van der Waals surface area contributed by atoms with Gasteiger partial charge in [0.05, 0.1) is 22.7 Å². The second kappa shape index (κ2) is 7.74. The average molecular weight is 453 g/mol. The molecular weight excluding hydrogens is 441 g/mol. The highest BCUT2D eigenvalue weighted by atomic mass is 79.9. The van der Waals surface area contributed by atoms with E-state index in [1.54, 1.807) is 12.1 Å². The van der Waals surface area contributed by atoms with Crippen molar-refractivity contribution in [1.29, 1.82) is 0 Å². The van der Waals surface area contributed by atoms with E-state index in [0.717, 1.165) is 8.78 Å². The first kappa shape index (κ1) is 19.1. The standard InChI is InChI=1S/C15H12BrCl2NO4S/c1-23-15(20)9-19(14-8-11(17)4-7-13(14)18)24(21,22)12-5-2-10(16)3-6-12/h2-8H,9H2,1H3. The second-order valence-electron chi connectivity index (χ2n) is 4.64. The third kappa shape index (κ3) is 4.22. The van der Waals surface area contributed by atoms with Crippen molar-refractivity contribution in [1.82, 2.24) is 0 Å². The predicted octanol–water partition coefficient (Wildman–Crippen LogP) is 4.12. The molecule has 128 valence electrons. The van der Waals surface area contributed by atoms with Crippen LogP contribution in [0.2, 0.25) is 10.0 Å². The van der Waals surface area contributed by atoms with Gasteiger partial charge in [-0.1, -0.05) is 39.1 Å². The monoisotopic (exact) mass is 451 g/mol. The Balaban J connectivity index is 2.59. The molecule has 2 aromatic rings. The normalized spacial score (nSPS) is 11.2. The quantitative estimate of drug-likeness (QED) is 0.640. The van der Waals surface area contributed by atoms with Crippen molar-refractivity contribution in [2.24, 2.45) is 0 Å².